The molecular formula is C20H19F2N3O2. The van der Waals surface area contributed by atoms with Gasteiger partial charge in [0.05, 0.1) is 6.04 Å². The first-order valence-electron chi connectivity index (χ1n) is 8.82. The number of nitrogens with zero attached hydrogens (tertiary/aromatic N) is 2. The predicted molar refractivity (Wildman–Crippen MR) is 96.3 cm³/mol. The molecule has 3 amide bonds. The van der Waals surface area contributed by atoms with Crippen LogP contribution in [0, 0.1) is 18.6 Å². The Bertz CT molecular complexity index is 931. The number of piperazine rings is 1. The van der Waals surface area contributed by atoms with Crippen LogP contribution in [0.3, 0.4) is 0 Å². The van der Waals surface area contributed by atoms with Gasteiger partial charge >= 0.3 is 6.03 Å². The molecule has 2 aliphatic heterocycles. The molecule has 2 aliphatic rings. The van der Waals surface area contributed by atoms with Crippen LogP contribution < -0.4 is 5.32 Å². The molecule has 2 aromatic rings. The number of urea groups is 1. The molecule has 1 N–H and O–H groups in total. The van der Waals surface area contributed by atoms with Gasteiger partial charge in [-0.3, -0.25) is 4.79 Å². The average Bonchev–Trinajstić information content (AvgIpc) is 2.64. The molecule has 1 atom stereocenters. The Morgan fingerprint density at radius 1 is 1.15 bits per heavy atom. The first kappa shape index (κ1) is 17.5. The largest absolute Gasteiger partial charge is 0.332 e. The van der Waals surface area contributed by atoms with E-state index in [9.17, 15) is 18.4 Å². The number of rotatable bonds is 1. The summed E-state index contributed by atoms with van der Waals surface area (Å²) in [5.74, 6) is -0.895. The summed E-state index contributed by atoms with van der Waals surface area (Å²) in [5.41, 5.74) is 2.84. The molecule has 0 radical (unpaired) electrons. The molecule has 27 heavy (non-hydrogen) atoms. The zero-order chi connectivity index (χ0) is 19.1. The van der Waals surface area contributed by atoms with E-state index in [-0.39, 0.29) is 24.3 Å². The Morgan fingerprint density at radius 2 is 1.89 bits per heavy atom. The molecular weight excluding hydrogens is 352 g/mol. The monoisotopic (exact) mass is 371 g/mol. The van der Waals surface area contributed by atoms with Crippen molar-refractivity contribution in [2.45, 2.75) is 19.4 Å². The van der Waals surface area contributed by atoms with Crippen LogP contribution in [0.4, 0.5) is 19.3 Å². The van der Waals surface area contributed by atoms with Gasteiger partial charge in [0.15, 0.2) is 0 Å². The molecule has 1 fully saturated rings. The maximum atomic E-state index is 13.5. The lowest BCUT2D eigenvalue weighted by molar-refractivity contribution is -0.139. The van der Waals surface area contributed by atoms with Gasteiger partial charge in [-0.05, 0) is 54.3 Å². The van der Waals surface area contributed by atoms with Gasteiger partial charge in [-0.1, -0.05) is 12.1 Å². The molecule has 7 heteroatoms. The molecule has 0 bridgehead atoms. The van der Waals surface area contributed by atoms with Crippen LogP contribution in [0.15, 0.2) is 36.4 Å². The first-order chi connectivity index (χ1) is 12.9. The van der Waals surface area contributed by atoms with E-state index in [0.29, 0.717) is 25.2 Å². The molecule has 1 saturated heterocycles. The van der Waals surface area contributed by atoms with Gasteiger partial charge in [0.1, 0.15) is 18.2 Å². The Hall–Kier alpha value is -2.96. The van der Waals surface area contributed by atoms with E-state index in [1.807, 2.05) is 0 Å². The van der Waals surface area contributed by atoms with E-state index in [0.717, 1.165) is 16.7 Å². The van der Waals surface area contributed by atoms with E-state index in [4.69, 9.17) is 0 Å². The predicted octanol–water partition coefficient (Wildman–Crippen LogP) is 3.25. The summed E-state index contributed by atoms with van der Waals surface area (Å²) >= 11 is 0. The van der Waals surface area contributed by atoms with E-state index < -0.39 is 11.8 Å². The molecule has 1 unspecified atom stereocenters. The number of fused-ring (bicyclic) bond motifs is 3. The highest BCUT2D eigenvalue weighted by Gasteiger charge is 2.38. The van der Waals surface area contributed by atoms with E-state index in [1.165, 1.54) is 29.2 Å². The lowest BCUT2D eigenvalue weighted by Gasteiger charge is -2.44. The minimum absolute atomic E-state index is 0.0345. The maximum Gasteiger partial charge on any atom is 0.322 e. The van der Waals surface area contributed by atoms with Crippen molar-refractivity contribution in [1.29, 1.82) is 0 Å². The van der Waals surface area contributed by atoms with Crippen molar-refractivity contribution in [1.82, 2.24) is 9.80 Å². The number of carbonyl (C=O) groups is 2. The van der Waals surface area contributed by atoms with Crippen molar-refractivity contribution in [3.63, 3.8) is 0 Å². The van der Waals surface area contributed by atoms with Crippen LogP contribution in [-0.4, -0.2) is 41.4 Å². The minimum atomic E-state index is -0.453. The van der Waals surface area contributed by atoms with Gasteiger partial charge in [-0.2, -0.15) is 0 Å². The van der Waals surface area contributed by atoms with Crippen LogP contribution in [-0.2, 0) is 11.2 Å². The van der Waals surface area contributed by atoms with Crippen LogP contribution in [0.1, 0.15) is 22.7 Å². The lowest BCUT2D eigenvalue weighted by Crippen LogP contribution is -2.56. The third kappa shape index (κ3) is 3.25. The third-order valence-electron chi connectivity index (χ3n) is 5.23. The van der Waals surface area contributed by atoms with E-state index in [2.05, 4.69) is 5.32 Å². The van der Waals surface area contributed by atoms with Crippen molar-refractivity contribution in [3.8, 4) is 0 Å². The standard InChI is InChI=1S/C20H19F2N3O2/c1-12-2-3-15(22)9-17(12)23-20(27)24-10-18-16-5-4-14(21)8-13(16)6-7-25(18)19(26)11-24/h2-5,8-9,18H,6-7,10-11H2,1H3,(H,23,27). The summed E-state index contributed by atoms with van der Waals surface area (Å²) in [4.78, 5) is 28.4. The van der Waals surface area contributed by atoms with Crippen molar-refractivity contribution in [3.05, 3.63) is 64.7 Å². The summed E-state index contributed by atoms with van der Waals surface area (Å²) in [6.07, 6.45) is 0.601. The SMILES string of the molecule is Cc1ccc(F)cc1NC(=O)N1CC(=O)N2CCc3cc(F)ccc3C2C1. The van der Waals surface area contributed by atoms with Crippen molar-refractivity contribution in [2.75, 3.05) is 25.0 Å². The second-order valence-electron chi connectivity index (χ2n) is 6.97. The normalized spacial score (nSPS) is 18.8. The zero-order valence-corrected chi connectivity index (χ0v) is 14.8. The van der Waals surface area contributed by atoms with E-state index >= 15 is 0 Å². The summed E-state index contributed by atoms with van der Waals surface area (Å²) in [6, 6.07) is 7.97. The third-order valence-corrected chi connectivity index (χ3v) is 5.23. The molecule has 0 aliphatic carbocycles. The fourth-order valence-electron chi connectivity index (χ4n) is 3.78. The van der Waals surface area contributed by atoms with Gasteiger partial charge in [-0.25, -0.2) is 13.6 Å². The topological polar surface area (TPSA) is 52.7 Å². The summed E-state index contributed by atoms with van der Waals surface area (Å²) in [7, 11) is 0. The number of nitrogens with one attached hydrogen (secondary N) is 1. The highest BCUT2D eigenvalue weighted by molar-refractivity contribution is 5.94. The van der Waals surface area contributed by atoms with Gasteiger partial charge < -0.3 is 15.1 Å². The fraction of sp³-hybridized carbons (Fsp3) is 0.300. The summed E-state index contributed by atoms with van der Waals surface area (Å²) in [5, 5.41) is 2.69. The molecule has 0 spiro atoms. The Balaban J connectivity index is 1.57. The second kappa shape index (κ2) is 6.64. The number of anilines is 1. The van der Waals surface area contributed by atoms with Crippen LogP contribution in [0.5, 0.6) is 0 Å². The molecule has 2 heterocycles. The fourth-order valence-corrected chi connectivity index (χ4v) is 3.78. The van der Waals surface area contributed by atoms with Gasteiger partial charge in [0.25, 0.3) is 0 Å². The Labute approximate surface area is 155 Å². The number of amides is 3. The smallest absolute Gasteiger partial charge is 0.322 e. The first-order valence-corrected chi connectivity index (χ1v) is 8.82. The van der Waals surface area contributed by atoms with Gasteiger partial charge in [0, 0.05) is 18.8 Å². The van der Waals surface area contributed by atoms with Gasteiger partial charge in [0.2, 0.25) is 5.91 Å². The molecule has 4 rings (SSSR count). The minimum Gasteiger partial charge on any atom is -0.332 e. The number of hydrogen-bond acceptors (Lipinski definition) is 2. The molecule has 2 aromatic carbocycles. The Morgan fingerprint density at radius 3 is 2.70 bits per heavy atom. The van der Waals surface area contributed by atoms with Crippen molar-refractivity contribution < 1.29 is 18.4 Å². The van der Waals surface area contributed by atoms with Crippen LogP contribution >= 0.6 is 0 Å². The Kier molecular flexibility index (Phi) is 4.30. The molecule has 0 aromatic heterocycles. The average molecular weight is 371 g/mol. The summed E-state index contributed by atoms with van der Waals surface area (Å²) in [6.45, 7) is 2.56. The quantitative estimate of drug-likeness (QED) is 0.837. The van der Waals surface area contributed by atoms with Crippen LogP contribution in [0.2, 0.25) is 0 Å². The molecule has 140 valence electrons. The van der Waals surface area contributed by atoms with E-state index in [1.54, 1.807) is 24.0 Å². The number of benzene rings is 2. The number of aryl methyl sites for hydroxylation is 1. The highest BCUT2D eigenvalue weighted by atomic mass is 19.1. The second-order valence-corrected chi connectivity index (χ2v) is 6.97. The van der Waals surface area contributed by atoms with Crippen molar-refractivity contribution in [2.24, 2.45) is 0 Å². The van der Waals surface area contributed by atoms with Gasteiger partial charge in [-0.15, -0.1) is 0 Å². The maximum absolute atomic E-state index is 13.5. The highest BCUT2D eigenvalue weighted by Crippen LogP contribution is 2.33. The summed E-state index contributed by atoms with van der Waals surface area (Å²) < 4.78 is 27.0. The number of hydrogen-bond donors (Lipinski definition) is 1. The lowest BCUT2D eigenvalue weighted by atomic mass is 9.90. The number of carbonyl (C=O) groups excluding carboxylic acids is 2. The zero-order valence-electron chi connectivity index (χ0n) is 14.8. The number of halogens is 2. The molecule has 0 saturated carbocycles. The molecule has 5 nitrogen and oxygen atoms in total. The van der Waals surface area contributed by atoms with Crippen molar-refractivity contribution >= 4 is 17.6 Å². The van der Waals surface area contributed by atoms with Crippen LogP contribution in [0.25, 0.3) is 0 Å².